The summed E-state index contributed by atoms with van der Waals surface area (Å²) in [5.41, 5.74) is 9.32. The summed E-state index contributed by atoms with van der Waals surface area (Å²) in [6.45, 7) is 2.38. The number of anilines is 1. The fourth-order valence-corrected chi connectivity index (χ4v) is 3.99. The lowest BCUT2D eigenvalue weighted by Crippen LogP contribution is -2.08. The zero-order valence-electron chi connectivity index (χ0n) is 16.3. The van der Waals surface area contributed by atoms with Crippen LogP contribution in [0, 0.1) is 20.7 Å². The minimum Gasteiger partial charge on any atom is -0.482 e. The molecule has 0 saturated carbocycles. The smallest absolute Gasteiger partial charge is 0.166 e. The van der Waals surface area contributed by atoms with E-state index in [0.29, 0.717) is 34.7 Å². The summed E-state index contributed by atoms with van der Waals surface area (Å²) in [6.07, 6.45) is 5.03. The summed E-state index contributed by atoms with van der Waals surface area (Å²) < 4.78 is 22.2. The van der Waals surface area contributed by atoms with Gasteiger partial charge in [0.2, 0.25) is 0 Å². The summed E-state index contributed by atoms with van der Waals surface area (Å²) in [5, 5.41) is 14.1. The maximum atomic E-state index is 13.7. The van der Waals surface area contributed by atoms with E-state index in [1.54, 1.807) is 30.1 Å². The van der Waals surface area contributed by atoms with Crippen LogP contribution in [0.5, 0.6) is 5.75 Å². The fraction of sp³-hybridized carbons (Fsp3) is 0.190. The van der Waals surface area contributed by atoms with Gasteiger partial charge in [-0.3, -0.25) is 4.68 Å². The highest BCUT2D eigenvalue weighted by Crippen LogP contribution is 2.35. The van der Waals surface area contributed by atoms with Crippen molar-refractivity contribution >= 4 is 28.4 Å². The summed E-state index contributed by atoms with van der Waals surface area (Å²) in [7, 11) is 1.73. The van der Waals surface area contributed by atoms with Crippen LogP contribution >= 0.6 is 22.6 Å². The molecular weight excluding hydrogens is 498 g/mol. The third kappa shape index (κ3) is 3.95. The first-order valence-corrected chi connectivity index (χ1v) is 10.2. The Morgan fingerprint density at radius 2 is 2.10 bits per heavy atom. The fourth-order valence-electron chi connectivity index (χ4n) is 3.21. The molecule has 0 radical (unpaired) electrons. The molecule has 0 spiro atoms. The molecule has 2 N–H and O–H groups in total. The van der Waals surface area contributed by atoms with E-state index in [2.05, 4.69) is 38.7 Å². The van der Waals surface area contributed by atoms with Gasteiger partial charge < -0.3 is 15.4 Å². The van der Waals surface area contributed by atoms with Crippen molar-refractivity contribution in [1.82, 2.24) is 19.7 Å². The van der Waals surface area contributed by atoms with E-state index < -0.39 is 6.10 Å². The maximum Gasteiger partial charge on any atom is 0.166 e. The summed E-state index contributed by atoms with van der Waals surface area (Å²) in [4.78, 5) is 6.24. The number of pyridine rings is 1. The average Bonchev–Trinajstić information content (AvgIpc) is 3.47. The number of hydrogen-bond donors (Lipinski definition) is 1. The topological polar surface area (TPSA) is 92.8 Å². The van der Waals surface area contributed by atoms with Crippen molar-refractivity contribution in [2.24, 2.45) is 7.05 Å². The van der Waals surface area contributed by atoms with Crippen LogP contribution in [0.1, 0.15) is 30.0 Å². The summed E-state index contributed by atoms with van der Waals surface area (Å²) in [5.74, 6) is 0.250. The first kappa shape index (κ1) is 20.2. The third-order valence-electron chi connectivity index (χ3n) is 4.79. The molecule has 1 aliphatic heterocycles. The number of aromatic nitrogens is 3. The quantitative estimate of drug-likeness (QED) is 0.496. The van der Waals surface area contributed by atoms with E-state index in [0.717, 1.165) is 9.26 Å². The van der Waals surface area contributed by atoms with E-state index in [9.17, 15) is 9.65 Å². The summed E-state index contributed by atoms with van der Waals surface area (Å²) in [6, 6.07) is 8.52. The Bertz CT molecular complexity index is 1190. The van der Waals surface area contributed by atoms with Gasteiger partial charge in [0.15, 0.2) is 11.6 Å². The van der Waals surface area contributed by atoms with Crippen LogP contribution in [0.2, 0.25) is 0 Å². The molecule has 0 fully saturated rings. The van der Waals surface area contributed by atoms with Gasteiger partial charge in [0.05, 0.1) is 12.2 Å². The van der Waals surface area contributed by atoms with E-state index in [1.165, 1.54) is 12.1 Å². The number of hydrogen-bond acceptors (Lipinski definition) is 6. The number of nitrogens with zero attached hydrogens (tertiary/aromatic N) is 5. The van der Waals surface area contributed by atoms with Gasteiger partial charge in [0.1, 0.15) is 23.7 Å². The molecule has 0 bridgehead atoms. The monoisotopic (exact) mass is 516 g/mol. The maximum absolute atomic E-state index is 13.7. The number of nitrogen functional groups attached to an aromatic ring is 1. The van der Waals surface area contributed by atoms with Crippen molar-refractivity contribution in [3.8, 4) is 22.9 Å². The van der Waals surface area contributed by atoms with E-state index in [-0.39, 0.29) is 11.6 Å². The lowest BCUT2D eigenvalue weighted by atomic mass is 10.0. The molecule has 3 heterocycles. The Balaban J connectivity index is 1.71. The van der Waals surface area contributed by atoms with Crippen LogP contribution in [0.25, 0.3) is 11.1 Å². The zero-order valence-corrected chi connectivity index (χ0v) is 18.5. The molecule has 30 heavy (non-hydrogen) atoms. The molecule has 1 atom stereocenters. The molecule has 0 aliphatic carbocycles. The predicted molar refractivity (Wildman–Crippen MR) is 118 cm³/mol. The molecule has 1 aromatic carbocycles. The van der Waals surface area contributed by atoms with Crippen molar-refractivity contribution in [2.75, 3.05) is 5.73 Å². The average molecular weight is 516 g/mol. The van der Waals surface area contributed by atoms with Crippen molar-refractivity contribution < 1.29 is 9.13 Å². The molecule has 0 saturated heterocycles. The minimum absolute atomic E-state index is 0.216. The lowest BCUT2D eigenvalue weighted by molar-refractivity contribution is 0.226. The molecular formula is C21H18FIN6O. The Hall–Kier alpha value is -3.13. The summed E-state index contributed by atoms with van der Waals surface area (Å²) >= 11 is 2.14. The molecule has 0 amide bonds. The van der Waals surface area contributed by atoms with Crippen LogP contribution in [0.4, 0.5) is 10.2 Å². The highest BCUT2D eigenvalue weighted by molar-refractivity contribution is 14.1. The number of nitrogens with two attached hydrogens (primary N) is 1. The van der Waals surface area contributed by atoms with Gasteiger partial charge in [-0.25, -0.2) is 9.37 Å². The molecule has 4 rings (SSSR count). The second kappa shape index (κ2) is 7.95. The van der Waals surface area contributed by atoms with Crippen molar-refractivity contribution in [1.29, 1.82) is 5.26 Å². The van der Waals surface area contributed by atoms with Crippen molar-refractivity contribution in [3.63, 3.8) is 0 Å². The van der Waals surface area contributed by atoms with E-state index in [4.69, 9.17) is 10.5 Å². The Morgan fingerprint density at radius 3 is 2.80 bits per heavy atom. The standard InChI is InChI=1S/C21H18FIN6O/c1-12(15-8-14(22)3-4-16(15)23)30-19-7-13(10-26-21(19)25)20-17(11-29-5-6-29)27-28(2)18(20)9-24/h3-8,10,12H,11H2,1-2H3,(H2,25,26)/t12-/m1/s1. The molecule has 7 nitrogen and oxygen atoms in total. The van der Waals surface area contributed by atoms with Gasteiger partial charge in [0.25, 0.3) is 0 Å². The van der Waals surface area contributed by atoms with Gasteiger partial charge in [0, 0.05) is 45.9 Å². The van der Waals surface area contributed by atoms with Crippen LogP contribution in [0.15, 0.2) is 42.9 Å². The molecule has 0 unspecified atom stereocenters. The highest BCUT2D eigenvalue weighted by Gasteiger charge is 2.22. The minimum atomic E-state index is -0.447. The molecule has 9 heteroatoms. The predicted octanol–water partition coefficient (Wildman–Crippen LogP) is 4.11. The van der Waals surface area contributed by atoms with Crippen LogP contribution < -0.4 is 10.5 Å². The lowest BCUT2D eigenvalue weighted by Gasteiger charge is -2.18. The van der Waals surface area contributed by atoms with Crippen LogP contribution in [-0.4, -0.2) is 19.7 Å². The van der Waals surface area contributed by atoms with Crippen molar-refractivity contribution in [3.05, 3.63) is 69.2 Å². The normalized spacial score (nSPS) is 13.2. The van der Waals surface area contributed by atoms with Gasteiger partial charge in [-0.05, 0) is 53.8 Å². The van der Waals surface area contributed by atoms with E-state index in [1.807, 2.05) is 24.2 Å². The van der Waals surface area contributed by atoms with Crippen LogP contribution in [0.3, 0.4) is 0 Å². The SMILES string of the molecule is C[C@@H](Oc1cc(-c2c(CN3C=C3)nn(C)c2C#N)cnc1N)c1cc(F)ccc1I. The number of halogens is 2. The molecule has 3 aromatic rings. The number of rotatable bonds is 6. The number of ether oxygens (including phenoxy) is 1. The van der Waals surface area contributed by atoms with Gasteiger partial charge in [-0.1, -0.05) is 0 Å². The number of benzene rings is 1. The van der Waals surface area contributed by atoms with Crippen molar-refractivity contribution in [2.45, 2.75) is 19.6 Å². The van der Waals surface area contributed by atoms with Gasteiger partial charge >= 0.3 is 0 Å². The second-order valence-electron chi connectivity index (χ2n) is 6.91. The first-order valence-electron chi connectivity index (χ1n) is 9.15. The Labute approximate surface area is 186 Å². The van der Waals surface area contributed by atoms with Gasteiger partial charge in [-0.2, -0.15) is 10.4 Å². The van der Waals surface area contributed by atoms with Gasteiger partial charge in [-0.15, -0.1) is 0 Å². The molecule has 1 aliphatic rings. The zero-order chi connectivity index (χ0) is 21.4. The molecule has 152 valence electrons. The Kier molecular flexibility index (Phi) is 5.34. The third-order valence-corrected chi connectivity index (χ3v) is 5.77. The van der Waals surface area contributed by atoms with E-state index >= 15 is 0 Å². The Morgan fingerprint density at radius 1 is 1.33 bits per heavy atom. The number of aryl methyl sites for hydroxylation is 1. The number of nitriles is 1. The second-order valence-corrected chi connectivity index (χ2v) is 8.07. The highest BCUT2D eigenvalue weighted by atomic mass is 127. The van der Waals surface area contributed by atoms with Crippen LogP contribution in [-0.2, 0) is 13.6 Å². The largest absolute Gasteiger partial charge is 0.482 e. The first-order chi connectivity index (χ1) is 14.4. The molecule has 2 aromatic heterocycles.